The highest BCUT2D eigenvalue weighted by atomic mass is 16.5. The van der Waals surface area contributed by atoms with Crippen molar-refractivity contribution in [1.29, 1.82) is 0 Å². The molecule has 0 saturated carbocycles. The second-order valence-corrected chi connectivity index (χ2v) is 8.91. The molecule has 0 unspecified atom stereocenters. The predicted molar refractivity (Wildman–Crippen MR) is 126 cm³/mol. The van der Waals surface area contributed by atoms with E-state index in [2.05, 4.69) is 0 Å². The van der Waals surface area contributed by atoms with Crippen LogP contribution < -0.4 is 17.0 Å². The number of hydrogen-bond acceptors (Lipinski definition) is 8. The van der Waals surface area contributed by atoms with Crippen molar-refractivity contribution in [1.82, 2.24) is 14.0 Å². The molecule has 11 heteroatoms. The molecular formula is C24H28N4O7. The molecule has 0 fully saturated rings. The van der Waals surface area contributed by atoms with Crippen LogP contribution in [0.1, 0.15) is 63.3 Å². The van der Waals surface area contributed by atoms with Crippen LogP contribution in [0.4, 0.5) is 5.82 Å². The largest absolute Gasteiger partial charge is 0.457 e. The summed E-state index contributed by atoms with van der Waals surface area (Å²) in [4.78, 5) is 75.6. The van der Waals surface area contributed by atoms with Gasteiger partial charge in [0.2, 0.25) is 5.78 Å². The van der Waals surface area contributed by atoms with Crippen molar-refractivity contribution in [3.63, 3.8) is 0 Å². The molecule has 0 spiro atoms. The molecule has 0 saturated heterocycles. The molecule has 1 aliphatic rings. The van der Waals surface area contributed by atoms with Gasteiger partial charge in [0.25, 0.3) is 17.4 Å². The Balaban J connectivity index is 1.59. The molecule has 2 aromatic rings. The maximum atomic E-state index is 12.6. The Kier molecular flexibility index (Phi) is 7.37. The Morgan fingerprint density at radius 2 is 1.71 bits per heavy atom. The quantitative estimate of drug-likeness (QED) is 0.313. The molecule has 35 heavy (non-hydrogen) atoms. The van der Waals surface area contributed by atoms with E-state index in [1.807, 2.05) is 20.8 Å². The van der Waals surface area contributed by atoms with Gasteiger partial charge in [-0.25, -0.2) is 4.79 Å². The first-order valence-corrected chi connectivity index (χ1v) is 11.2. The first-order chi connectivity index (χ1) is 16.4. The average Bonchev–Trinajstić information content (AvgIpc) is 3.03. The van der Waals surface area contributed by atoms with E-state index in [9.17, 15) is 28.8 Å². The zero-order valence-corrected chi connectivity index (χ0v) is 20.1. The molecule has 2 N–H and O–H groups in total. The highest BCUT2D eigenvalue weighted by molar-refractivity contribution is 6.21. The van der Waals surface area contributed by atoms with E-state index in [1.165, 1.54) is 7.05 Å². The van der Waals surface area contributed by atoms with E-state index in [0.29, 0.717) is 11.1 Å². The number of carbonyl (C=O) groups is 4. The number of aromatic nitrogens is 2. The van der Waals surface area contributed by atoms with E-state index in [0.717, 1.165) is 19.6 Å². The topological polar surface area (TPSA) is 151 Å². The van der Waals surface area contributed by atoms with E-state index in [1.54, 1.807) is 18.2 Å². The number of imide groups is 1. The maximum Gasteiger partial charge on any atom is 0.332 e. The van der Waals surface area contributed by atoms with Gasteiger partial charge in [0.15, 0.2) is 6.61 Å². The standard InChI is InChI=1S/C24H28N4O7/c1-13(2)11-28-20(25)19(23(33)26(4)24(28)34)17(29)12-35-18(30)6-5-9-27-21(31)15-8-7-14(3)10-16(15)22(27)32/h7-8,10,13H,5-6,9,11-12,25H2,1-4H3. The molecule has 3 rings (SSSR count). The smallest absolute Gasteiger partial charge is 0.332 e. The van der Waals surface area contributed by atoms with Crippen LogP contribution in [0.5, 0.6) is 0 Å². The van der Waals surface area contributed by atoms with Crippen molar-refractivity contribution in [3.05, 3.63) is 61.3 Å². The van der Waals surface area contributed by atoms with Crippen LogP contribution in [-0.2, 0) is 23.1 Å². The molecule has 2 heterocycles. The lowest BCUT2D eigenvalue weighted by molar-refractivity contribution is -0.142. The summed E-state index contributed by atoms with van der Waals surface area (Å²) in [6.45, 7) is 5.01. The molecular weight excluding hydrogens is 456 g/mol. The Labute approximate surface area is 201 Å². The van der Waals surface area contributed by atoms with Crippen molar-refractivity contribution in [2.75, 3.05) is 18.9 Å². The van der Waals surface area contributed by atoms with Crippen LogP contribution in [0.2, 0.25) is 0 Å². The SMILES string of the molecule is Cc1ccc2c(c1)C(=O)N(CCCC(=O)OCC(=O)c1c(N)n(CC(C)C)c(=O)n(C)c1=O)C2=O. The Bertz CT molecular complexity index is 1340. The summed E-state index contributed by atoms with van der Waals surface area (Å²) in [5.41, 5.74) is 5.54. The van der Waals surface area contributed by atoms with E-state index in [-0.39, 0.29) is 37.7 Å². The fourth-order valence-electron chi connectivity index (χ4n) is 3.87. The number of nitrogens with zero attached hydrogens (tertiary/aromatic N) is 3. The molecule has 1 aliphatic heterocycles. The van der Waals surface area contributed by atoms with E-state index >= 15 is 0 Å². The molecule has 186 valence electrons. The van der Waals surface area contributed by atoms with E-state index in [4.69, 9.17) is 10.5 Å². The lowest BCUT2D eigenvalue weighted by atomic mass is 10.1. The number of amides is 2. The number of nitrogen functional groups attached to an aromatic ring is 1. The Morgan fingerprint density at radius 3 is 2.37 bits per heavy atom. The fraction of sp³-hybridized carbons (Fsp3) is 0.417. The number of ketones is 1. The number of anilines is 1. The number of fused-ring (bicyclic) bond motifs is 1. The third-order valence-electron chi connectivity index (χ3n) is 5.66. The number of esters is 1. The van der Waals surface area contributed by atoms with Crippen LogP contribution in [0.25, 0.3) is 0 Å². The second kappa shape index (κ2) is 10.1. The average molecular weight is 485 g/mol. The monoisotopic (exact) mass is 484 g/mol. The number of rotatable bonds is 9. The fourth-order valence-corrected chi connectivity index (χ4v) is 3.87. The van der Waals surface area contributed by atoms with Gasteiger partial charge in [-0.3, -0.25) is 38.0 Å². The van der Waals surface area contributed by atoms with Gasteiger partial charge in [-0.05, 0) is 31.4 Å². The highest BCUT2D eigenvalue weighted by Crippen LogP contribution is 2.24. The first kappa shape index (κ1) is 25.6. The number of nitrogens with two attached hydrogens (primary N) is 1. The number of Topliss-reactive ketones (excluding diaryl/α,β-unsaturated/α-hetero) is 1. The molecule has 2 amide bonds. The van der Waals surface area contributed by atoms with Gasteiger partial charge < -0.3 is 10.5 Å². The third kappa shape index (κ3) is 5.08. The van der Waals surface area contributed by atoms with Gasteiger partial charge >= 0.3 is 11.7 Å². The zero-order chi connectivity index (χ0) is 26.0. The number of ether oxygens (including phenoxy) is 1. The van der Waals surface area contributed by atoms with Crippen molar-refractivity contribution in [2.45, 2.75) is 40.2 Å². The van der Waals surface area contributed by atoms with Crippen LogP contribution >= 0.6 is 0 Å². The minimum absolute atomic E-state index is 0.0160. The highest BCUT2D eigenvalue weighted by Gasteiger charge is 2.35. The zero-order valence-electron chi connectivity index (χ0n) is 20.1. The predicted octanol–water partition coefficient (Wildman–Crippen LogP) is 0.896. The van der Waals surface area contributed by atoms with E-state index < -0.39 is 47.0 Å². The second-order valence-electron chi connectivity index (χ2n) is 8.91. The summed E-state index contributed by atoms with van der Waals surface area (Å²) in [6, 6.07) is 5.00. The normalized spacial score (nSPS) is 12.9. The van der Waals surface area contributed by atoms with Crippen molar-refractivity contribution in [2.24, 2.45) is 13.0 Å². The van der Waals surface area contributed by atoms with Crippen molar-refractivity contribution < 1.29 is 23.9 Å². The minimum atomic E-state index is -0.866. The van der Waals surface area contributed by atoms with Crippen LogP contribution in [-0.4, -0.2) is 50.8 Å². The van der Waals surface area contributed by atoms with Crippen LogP contribution in [0.15, 0.2) is 27.8 Å². The number of hydrogen-bond donors (Lipinski definition) is 1. The lowest BCUT2D eigenvalue weighted by Gasteiger charge is -2.16. The molecule has 0 radical (unpaired) electrons. The van der Waals surface area contributed by atoms with Gasteiger partial charge in [0.1, 0.15) is 11.4 Å². The summed E-state index contributed by atoms with van der Waals surface area (Å²) < 4.78 is 6.92. The third-order valence-corrected chi connectivity index (χ3v) is 5.66. The molecule has 1 aromatic heterocycles. The summed E-state index contributed by atoms with van der Waals surface area (Å²) in [5.74, 6) is -2.65. The van der Waals surface area contributed by atoms with Crippen molar-refractivity contribution in [3.8, 4) is 0 Å². The Morgan fingerprint density at radius 1 is 1.06 bits per heavy atom. The summed E-state index contributed by atoms with van der Waals surface area (Å²) in [7, 11) is 1.24. The van der Waals surface area contributed by atoms with Gasteiger partial charge in [-0.15, -0.1) is 0 Å². The van der Waals surface area contributed by atoms with Gasteiger partial charge in [-0.2, -0.15) is 0 Å². The van der Waals surface area contributed by atoms with Gasteiger partial charge in [0.05, 0.1) is 11.1 Å². The number of benzene rings is 1. The minimum Gasteiger partial charge on any atom is -0.457 e. The number of carbonyl (C=O) groups excluding carboxylic acids is 4. The molecule has 0 aliphatic carbocycles. The summed E-state index contributed by atoms with van der Waals surface area (Å²) in [6.07, 6.45) is -0.0132. The van der Waals surface area contributed by atoms with Gasteiger partial charge in [0, 0.05) is 26.6 Å². The summed E-state index contributed by atoms with van der Waals surface area (Å²) >= 11 is 0. The Hall–Kier alpha value is -4.02. The molecule has 0 atom stereocenters. The lowest BCUT2D eigenvalue weighted by Crippen LogP contribution is -2.43. The molecule has 1 aromatic carbocycles. The van der Waals surface area contributed by atoms with Crippen LogP contribution in [0, 0.1) is 12.8 Å². The molecule has 0 bridgehead atoms. The first-order valence-electron chi connectivity index (χ1n) is 11.2. The molecule has 11 nitrogen and oxygen atoms in total. The van der Waals surface area contributed by atoms with Crippen LogP contribution in [0.3, 0.4) is 0 Å². The summed E-state index contributed by atoms with van der Waals surface area (Å²) in [5, 5.41) is 0. The maximum absolute atomic E-state index is 12.6. The van der Waals surface area contributed by atoms with Gasteiger partial charge in [-0.1, -0.05) is 25.5 Å². The van der Waals surface area contributed by atoms with Crippen molar-refractivity contribution >= 4 is 29.4 Å². The number of aryl methyl sites for hydroxylation is 1.